The normalized spacial score (nSPS) is 18.6. The lowest BCUT2D eigenvalue weighted by atomic mass is 10.3. The minimum atomic E-state index is -0.120. The minimum Gasteiger partial charge on any atom is -0.379 e. The molecule has 2 aromatic heterocycles. The Morgan fingerprint density at radius 2 is 2.47 bits per heavy atom. The van der Waals surface area contributed by atoms with Crippen molar-refractivity contribution in [1.29, 1.82) is 0 Å². The molecule has 1 fully saturated rings. The van der Waals surface area contributed by atoms with Gasteiger partial charge in [-0.3, -0.25) is 14.2 Å². The summed E-state index contributed by atoms with van der Waals surface area (Å²) in [6.07, 6.45) is 7.84. The Bertz CT molecular complexity index is 542. The lowest BCUT2D eigenvalue weighted by Gasteiger charge is -2.07. The van der Waals surface area contributed by atoms with Gasteiger partial charge in [-0.25, -0.2) is 0 Å². The van der Waals surface area contributed by atoms with Gasteiger partial charge in [0.25, 0.3) is 0 Å². The summed E-state index contributed by atoms with van der Waals surface area (Å²) in [6.45, 7) is 1.65. The summed E-state index contributed by atoms with van der Waals surface area (Å²) in [5, 5.41) is 11.0. The van der Waals surface area contributed by atoms with Gasteiger partial charge in [0.05, 0.1) is 24.5 Å². The Hall–Kier alpha value is -2.15. The number of hydrogen-bond acceptors (Lipinski definition) is 4. The summed E-state index contributed by atoms with van der Waals surface area (Å²) in [6, 6.07) is 2.06. The van der Waals surface area contributed by atoms with Crippen LogP contribution in [0, 0.1) is 0 Å². The van der Waals surface area contributed by atoms with Crippen LogP contribution in [0.5, 0.6) is 0 Å². The van der Waals surface area contributed by atoms with Crippen molar-refractivity contribution in [2.24, 2.45) is 0 Å². The van der Waals surface area contributed by atoms with E-state index in [-0.39, 0.29) is 18.5 Å². The van der Waals surface area contributed by atoms with Crippen molar-refractivity contribution in [2.45, 2.75) is 19.0 Å². The first-order valence-corrected chi connectivity index (χ1v) is 6.20. The van der Waals surface area contributed by atoms with E-state index >= 15 is 0 Å². The highest BCUT2D eigenvalue weighted by Crippen LogP contribution is 2.19. The van der Waals surface area contributed by atoms with Crippen molar-refractivity contribution in [3.63, 3.8) is 0 Å². The van der Waals surface area contributed by atoms with Gasteiger partial charge in [-0.05, 0) is 12.5 Å². The molecule has 0 aromatic carbocycles. The topological polar surface area (TPSA) is 74.0 Å². The van der Waals surface area contributed by atoms with Crippen molar-refractivity contribution in [2.75, 3.05) is 18.5 Å². The first-order chi connectivity index (χ1) is 9.31. The van der Waals surface area contributed by atoms with Gasteiger partial charge in [0.2, 0.25) is 5.91 Å². The second-order valence-corrected chi connectivity index (χ2v) is 4.48. The molecule has 0 saturated carbocycles. The van der Waals surface area contributed by atoms with Gasteiger partial charge in [-0.15, -0.1) is 0 Å². The molecule has 1 aliphatic rings. The van der Waals surface area contributed by atoms with Crippen molar-refractivity contribution >= 4 is 11.6 Å². The highest BCUT2D eigenvalue weighted by Gasteiger charge is 2.18. The van der Waals surface area contributed by atoms with Gasteiger partial charge in [0, 0.05) is 25.2 Å². The number of nitrogens with one attached hydrogen (secondary N) is 1. The molecule has 0 aliphatic carbocycles. The summed E-state index contributed by atoms with van der Waals surface area (Å²) >= 11 is 0. The third kappa shape index (κ3) is 2.82. The van der Waals surface area contributed by atoms with E-state index in [2.05, 4.69) is 15.5 Å². The highest BCUT2D eigenvalue weighted by molar-refractivity contribution is 5.90. The third-order valence-corrected chi connectivity index (χ3v) is 3.03. The number of anilines is 1. The van der Waals surface area contributed by atoms with Crippen LogP contribution in [0.1, 0.15) is 12.5 Å². The van der Waals surface area contributed by atoms with Crippen molar-refractivity contribution < 1.29 is 9.53 Å². The van der Waals surface area contributed by atoms with E-state index in [1.807, 2.05) is 10.9 Å². The lowest BCUT2D eigenvalue weighted by Crippen LogP contribution is -2.18. The molecular weight excluding hydrogens is 246 g/mol. The number of carbonyl (C=O) groups excluding carboxylic acids is 1. The minimum absolute atomic E-state index is 0.120. The van der Waals surface area contributed by atoms with Crippen molar-refractivity contribution in [1.82, 2.24) is 19.6 Å². The Balaban J connectivity index is 1.59. The molecule has 1 saturated heterocycles. The summed E-state index contributed by atoms with van der Waals surface area (Å²) in [4.78, 5) is 11.8. The van der Waals surface area contributed by atoms with Gasteiger partial charge in [-0.1, -0.05) is 0 Å². The van der Waals surface area contributed by atoms with Crippen molar-refractivity contribution in [3.05, 3.63) is 30.9 Å². The molecule has 0 unspecified atom stereocenters. The highest BCUT2D eigenvalue weighted by atomic mass is 16.5. The number of carbonyl (C=O) groups is 1. The Labute approximate surface area is 110 Å². The fourth-order valence-corrected chi connectivity index (χ4v) is 2.07. The molecule has 7 heteroatoms. The molecule has 1 atom stereocenters. The first-order valence-electron chi connectivity index (χ1n) is 6.20. The molecule has 1 aliphatic heterocycles. The summed E-state index contributed by atoms with van der Waals surface area (Å²) in [5.74, 6) is -0.120. The van der Waals surface area contributed by atoms with Crippen LogP contribution in [0.25, 0.3) is 0 Å². The molecular formula is C12H15N5O2. The van der Waals surface area contributed by atoms with Crippen LogP contribution in [0.2, 0.25) is 0 Å². The monoisotopic (exact) mass is 261 g/mol. The molecule has 0 bridgehead atoms. The van der Waals surface area contributed by atoms with Crippen LogP contribution < -0.4 is 5.32 Å². The van der Waals surface area contributed by atoms with Crippen LogP contribution in [-0.4, -0.2) is 38.7 Å². The molecule has 2 aromatic rings. The van der Waals surface area contributed by atoms with Gasteiger partial charge in [0.1, 0.15) is 6.54 Å². The number of amides is 1. The second kappa shape index (κ2) is 5.23. The maximum atomic E-state index is 11.8. The Morgan fingerprint density at radius 1 is 1.53 bits per heavy atom. The Morgan fingerprint density at radius 3 is 3.21 bits per heavy atom. The molecule has 1 amide bonds. The zero-order valence-corrected chi connectivity index (χ0v) is 10.4. The maximum Gasteiger partial charge on any atom is 0.246 e. The summed E-state index contributed by atoms with van der Waals surface area (Å²) in [7, 11) is 0. The predicted molar refractivity (Wildman–Crippen MR) is 67.6 cm³/mol. The van der Waals surface area contributed by atoms with E-state index in [0.717, 1.165) is 13.0 Å². The molecule has 19 heavy (non-hydrogen) atoms. The quantitative estimate of drug-likeness (QED) is 0.878. The molecule has 7 nitrogen and oxygen atoms in total. The number of hydrogen-bond donors (Lipinski definition) is 1. The van der Waals surface area contributed by atoms with Gasteiger partial charge >= 0.3 is 0 Å². The van der Waals surface area contributed by atoms with Crippen LogP contribution in [0.4, 0.5) is 5.69 Å². The molecule has 3 heterocycles. The number of rotatable bonds is 4. The summed E-state index contributed by atoms with van der Waals surface area (Å²) in [5.41, 5.74) is 0.698. The van der Waals surface area contributed by atoms with Crippen molar-refractivity contribution in [3.8, 4) is 0 Å². The van der Waals surface area contributed by atoms with E-state index in [1.165, 1.54) is 0 Å². The smallest absolute Gasteiger partial charge is 0.246 e. The SMILES string of the molecule is O=C(Cn1cccn1)Nc1cnn([C@H]2CCOC2)c1. The Kier molecular flexibility index (Phi) is 3.28. The standard InChI is InChI=1S/C12H15N5O2/c18-12(8-16-4-1-3-13-16)15-10-6-14-17(7-10)11-2-5-19-9-11/h1,3-4,6-7,11H,2,5,8-9H2,(H,15,18)/t11-/m0/s1. The van der Waals surface area contributed by atoms with Crippen LogP contribution in [-0.2, 0) is 16.1 Å². The second-order valence-electron chi connectivity index (χ2n) is 4.48. The van der Waals surface area contributed by atoms with E-state index in [1.54, 1.807) is 29.3 Å². The van der Waals surface area contributed by atoms with E-state index in [4.69, 9.17) is 4.74 Å². The average Bonchev–Trinajstić information content (AvgIpc) is 3.09. The molecule has 0 radical (unpaired) electrons. The molecule has 1 N–H and O–H groups in total. The summed E-state index contributed by atoms with van der Waals surface area (Å²) < 4.78 is 8.73. The van der Waals surface area contributed by atoms with Crippen LogP contribution >= 0.6 is 0 Å². The molecule has 3 rings (SSSR count). The van der Waals surface area contributed by atoms with Crippen LogP contribution in [0.15, 0.2) is 30.9 Å². The van der Waals surface area contributed by atoms with E-state index < -0.39 is 0 Å². The number of ether oxygens (including phenoxy) is 1. The fraction of sp³-hybridized carbons (Fsp3) is 0.417. The lowest BCUT2D eigenvalue weighted by molar-refractivity contribution is -0.116. The largest absolute Gasteiger partial charge is 0.379 e. The van der Waals surface area contributed by atoms with Crippen LogP contribution in [0.3, 0.4) is 0 Å². The van der Waals surface area contributed by atoms with Gasteiger partial charge in [-0.2, -0.15) is 10.2 Å². The molecule has 100 valence electrons. The average molecular weight is 261 g/mol. The van der Waals surface area contributed by atoms with E-state index in [9.17, 15) is 4.79 Å². The zero-order chi connectivity index (χ0) is 13.1. The van der Waals surface area contributed by atoms with E-state index in [0.29, 0.717) is 12.3 Å². The van der Waals surface area contributed by atoms with Gasteiger partial charge in [0.15, 0.2) is 0 Å². The molecule has 0 spiro atoms. The third-order valence-electron chi connectivity index (χ3n) is 3.03. The van der Waals surface area contributed by atoms with Gasteiger partial charge < -0.3 is 10.1 Å². The fourth-order valence-electron chi connectivity index (χ4n) is 2.07. The number of nitrogens with zero attached hydrogens (tertiary/aromatic N) is 4. The number of aromatic nitrogens is 4. The predicted octanol–water partition coefficient (Wildman–Crippen LogP) is 0.680. The maximum absolute atomic E-state index is 11.8. The first kappa shape index (κ1) is 11.9. The zero-order valence-electron chi connectivity index (χ0n) is 10.4.